The third-order valence-corrected chi connectivity index (χ3v) is 8.57. The number of nitrogens with one attached hydrogen (secondary N) is 2. The number of amides is 1. The van der Waals surface area contributed by atoms with Crippen molar-refractivity contribution in [2.24, 2.45) is 5.92 Å². The topological polar surface area (TPSA) is 96.7 Å². The molecule has 170 valence electrons. The maximum atomic E-state index is 13.7. The van der Waals surface area contributed by atoms with Crippen LogP contribution in [0.3, 0.4) is 0 Å². The van der Waals surface area contributed by atoms with Gasteiger partial charge in [0.05, 0.1) is 32.5 Å². The highest BCUT2D eigenvalue weighted by Gasteiger charge is 2.68. The first-order valence-electron chi connectivity index (χ1n) is 10.6. The lowest BCUT2D eigenvalue weighted by atomic mass is 9.85. The maximum absolute atomic E-state index is 13.7. The van der Waals surface area contributed by atoms with Crippen LogP contribution in [-0.2, 0) is 5.41 Å². The Bertz CT molecular complexity index is 1420. The van der Waals surface area contributed by atoms with E-state index >= 15 is 0 Å². The normalized spacial score (nSPS) is 22.6. The lowest BCUT2D eigenvalue weighted by molar-refractivity contribution is 0.0806. The highest BCUT2D eigenvalue weighted by molar-refractivity contribution is 14.1. The van der Waals surface area contributed by atoms with E-state index in [-0.39, 0.29) is 17.1 Å². The fourth-order valence-electron chi connectivity index (χ4n) is 5.66. The molecule has 1 saturated heterocycles. The number of likely N-dealkylation sites (tertiary alicyclic amines) is 1. The largest absolute Gasteiger partial charge is 0.493 e. The average Bonchev–Trinajstić information content (AvgIpc) is 3.07. The highest BCUT2D eigenvalue weighted by atomic mass is 127. The lowest BCUT2D eigenvalue weighted by Gasteiger charge is -2.28. The number of piperidine rings is 1. The minimum absolute atomic E-state index is 0.0743. The summed E-state index contributed by atoms with van der Waals surface area (Å²) in [6, 6.07) is 3.60. The van der Waals surface area contributed by atoms with E-state index < -0.39 is 0 Å². The first kappa shape index (κ1) is 20.6. The summed E-state index contributed by atoms with van der Waals surface area (Å²) in [5, 5.41) is 0.777. The first-order chi connectivity index (χ1) is 15.8. The number of carbonyl (C=O) groups is 2. The number of ether oxygens (including phenoxy) is 3. The smallest absolute Gasteiger partial charge is 0.274 e. The summed E-state index contributed by atoms with van der Waals surface area (Å²) in [5.74, 6) is 1.53. The number of aromatic nitrogens is 2. The number of methoxy groups -OCH3 is 3. The van der Waals surface area contributed by atoms with Gasteiger partial charge >= 0.3 is 0 Å². The van der Waals surface area contributed by atoms with Crippen LogP contribution in [0.15, 0.2) is 23.9 Å². The van der Waals surface area contributed by atoms with Crippen LogP contribution in [0, 0.1) is 16.4 Å². The van der Waals surface area contributed by atoms with E-state index in [9.17, 15) is 9.59 Å². The summed E-state index contributed by atoms with van der Waals surface area (Å²) in [6.07, 6.45) is 2.61. The van der Waals surface area contributed by atoms with E-state index in [1.54, 1.807) is 38.4 Å². The molecule has 0 unspecified atom stereocenters. The molecular weight excluding hydrogens is 537 g/mol. The van der Waals surface area contributed by atoms with Crippen LogP contribution in [0.4, 0.5) is 0 Å². The summed E-state index contributed by atoms with van der Waals surface area (Å²) < 4.78 is 17.6. The lowest BCUT2D eigenvalue weighted by Crippen LogP contribution is -2.34. The van der Waals surface area contributed by atoms with Crippen LogP contribution in [0.25, 0.3) is 10.9 Å². The van der Waals surface area contributed by atoms with Gasteiger partial charge in [0.1, 0.15) is 5.69 Å². The summed E-state index contributed by atoms with van der Waals surface area (Å²) in [5.41, 5.74) is 4.39. The number of H-pyrrole nitrogens is 2. The number of ketones is 1. The van der Waals surface area contributed by atoms with Gasteiger partial charge in [0, 0.05) is 43.9 Å². The molecule has 9 heteroatoms. The Morgan fingerprint density at radius 3 is 2.61 bits per heavy atom. The van der Waals surface area contributed by atoms with Crippen molar-refractivity contribution in [2.45, 2.75) is 18.8 Å². The number of nitrogens with zero attached hydrogens (tertiary/aromatic N) is 1. The molecule has 2 aliphatic carbocycles. The van der Waals surface area contributed by atoms with Crippen molar-refractivity contribution < 1.29 is 23.8 Å². The van der Waals surface area contributed by atoms with Crippen molar-refractivity contribution in [1.82, 2.24) is 14.9 Å². The van der Waals surface area contributed by atoms with Gasteiger partial charge in [-0.3, -0.25) is 9.59 Å². The number of hydrogen-bond acceptors (Lipinski definition) is 5. The van der Waals surface area contributed by atoms with Crippen molar-refractivity contribution in [1.29, 1.82) is 0 Å². The maximum Gasteiger partial charge on any atom is 0.274 e. The fourth-order valence-corrected chi connectivity index (χ4v) is 6.55. The average molecular weight is 559 g/mol. The molecule has 3 heterocycles. The Labute approximate surface area is 203 Å². The van der Waals surface area contributed by atoms with Gasteiger partial charge in [0.2, 0.25) is 11.5 Å². The Hall–Kier alpha value is -2.95. The fraction of sp³-hybridized carbons (Fsp3) is 0.333. The van der Waals surface area contributed by atoms with Gasteiger partial charge in [-0.05, 0) is 54.0 Å². The Morgan fingerprint density at radius 1 is 1.15 bits per heavy atom. The monoisotopic (exact) mass is 559 g/mol. The SMILES string of the molecule is COc1cc2cc(C(=O)N3C[C@H]4C[C@@]45C3=CC(=O)c3[nH]c(C)c(I)c35)[nH]c2c(OC)c1OC. The molecule has 1 saturated carbocycles. The number of aryl methyl sites for hydroxylation is 1. The number of hydrogen-bond donors (Lipinski definition) is 2. The minimum atomic E-state index is -0.240. The molecule has 0 radical (unpaired) electrons. The number of carbonyl (C=O) groups excluding carboxylic acids is 2. The van der Waals surface area contributed by atoms with Crippen molar-refractivity contribution in [3.05, 3.63) is 50.1 Å². The van der Waals surface area contributed by atoms with Gasteiger partial charge in [0.25, 0.3) is 5.91 Å². The highest BCUT2D eigenvalue weighted by Crippen LogP contribution is 2.67. The number of allylic oxidation sites excluding steroid dienone is 2. The van der Waals surface area contributed by atoms with Crippen LogP contribution >= 0.6 is 22.6 Å². The van der Waals surface area contributed by atoms with E-state index in [2.05, 4.69) is 32.6 Å². The minimum Gasteiger partial charge on any atom is -0.493 e. The van der Waals surface area contributed by atoms with Gasteiger partial charge in [-0.1, -0.05) is 0 Å². The molecule has 2 fully saturated rings. The molecule has 33 heavy (non-hydrogen) atoms. The predicted molar refractivity (Wildman–Crippen MR) is 129 cm³/mol. The number of benzene rings is 1. The van der Waals surface area contributed by atoms with Crippen molar-refractivity contribution >= 4 is 45.2 Å². The molecule has 1 spiro atoms. The van der Waals surface area contributed by atoms with Crippen molar-refractivity contribution in [2.75, 3.05) is 27.9 Å². The molecule has 1 amide bonds. The first-order valence-corrected chi connectivity index (χ1v) is 11.7. The molecule has 3 aromatic rings. The molecule has 2 N–H and O–H groups in total. The Morgan fingerprint density at radius 2 is 1.91 bits per heavy atom. The molecule has 3 aliphatic rings. The molecule has 1 aromatic carbocycles. The summed E-state index contributed by atoms with van der Waals surface area (Å²) in [4.78, 5) is 34.8. The third kappa shape index (κ3) is 2.51. The molecule has 2 aromatic heterocycles. The van der Waals surface area contributed by atoms with Gasteiger partial charge in [-0.2, -0.15) is 0 Å². The number of aromatic amines is 2. The molecule has 0 bridgehead atoms. The second-order valence-electron chi connectivity index (χ2n) is 8.79. The predicted octanol–water partition coefficient (Wildman–Crippen LogP) is 3.93. The van der Waals surface area contributed by atoms with E-state index in [0.29, 0.717) is 46.6 Å². The third-order valence-electron chi connectivity index (χ3n) is 7.22. The van der Waals surface area contributed by atoms with E-state index in [0.717, 1.165) is 32.3 Å². The number of halogens is 1. The van der Waals surface area contributed by atoms with Gasteiger partial charge < -0.3 is 29.1 Å². The molecule has 2 atom stereocenters. The summed E-state index contributed by atoms with van der Waals surface area (Å²) >= 11 is 2.31. The number of fused-ring (bicyclic) bond motifs is 2. The quantitative estimate of drug-likeness (QED) is 0.473. The molecule has 8 nitrogen and oxygen atoms in total. The molecule has 6 rings (SSSR count). The zero-order chi connectivity index (χ0) is 23.2. The Balaban J connectivity index is 1.43. The second kappa shape index (κ2) is 6.78. The van der Waals surface area contributed by atoms with E-state index in [1.165, 1.54) is 0 Å². The second-order valence-corrected chi connectivity index (χ2v) is 9.87. The van der Waals surface area contributed by atoms with E-state index in [1.807, 2.05) is 13.0 Å². The molecular formula is C24H22IN3O5. The standard InChI is InChI=1S/C24H22IN3O5/c1-10-18(25)17-20(26-10)14(29)7-16-24(17)8-12(24)9-28(16)23(30)13-5-11-6-15(31-2)21(32-3)22(33-4)19(11)27-13/h5-7,12,26-27H,8-9H2,1-4H3/t12-,24+/m1/s1. The van der Waals surface area contributed by atoms with E-state index in [4.69, 9.17) is 14.2 Å². The van der Waals surface area contributed by atoms with Crippen LogP contribution in [0.2, 0.25) is 0 Å². The van der Waals surface area contributed by atoms with Crippen LogP contribution in [0.5, 0.6) is 17.2 Å². The van der Waals surface area contributed by atoms with Gasteiger partial charge in [-0.15, -0.1) is 0 Å². The Kier molecular flexibility index (Phi) is 4.24. The number of rotatable bonds is 4. The zero-order valence-corrected chi connectivity index (χ0v) is 20.7. The van der Waals surface area contributed by atoms with Crippen molar-refractivity contribution in [3.63, 3.8) is 0 Å². The molecule has 1 aliphatic heterocycles. The van der Waals surface area contributed by atoms with Crippen LogP contribution in [0.1, 0.15) is 38.7 Å². The van der Waals surface area contributed by atoms with Gasteiger partial charge in [-0.25, -0.2) is 0 Å². The van der Waals surface area contributed by atoms with Crippen molar-refractivity contribution in [3.8, 4) is 17.2 Å². The van der Waals surface area contributed by atoms with Crippen LogP contribution < -0.4 is 14.2 Å². The summed E-state index contributed by atoms with van der Waals surface area (Å²) in [6.45, 7) is 2.58. The zero-order valence-electron chi connectivity index (χ0n) is 18.6. The van der Waals surface area contributed by atoms with Crippen LogP contribution in [-0.4, -0.2) is 54.4 Å². The summed E-state index contributed by atoms with van der Waals surface area (Å²) in [7, 11) is 4.65. The van der Waals surface area contributed by atoms with Gasteiger partial charge in [0.15, 0.2) is 11.5 Å².